The molecule has 4 aromatic rings. The van der Waals surface area contributed by atoms with E-state index < -0.39 is 5.91 Å². The van der Waals surface area contributed by atoms with Gasteiger partial charge in [-0.3, -0.25) is 14.0 Å². The van der Waals surface area contributed by atoms with Crippen molar-refractivity contribution >= 4 is 17.2 Å². The van der Waals surface area contributed by atoms with Gasteiger partial charge in [-0.2, -0.15) is 0 Å². The van der Waals surface area contributed by atoms with E-state index in [4.69, 9.17) is 0 Å². The molecule has 0 saturated heterocycles. The van der Waals surface area contributed by atoms with Crippen LogP contribution in [0.15, 0.2) is 71.9 Å². The van der Waals surface area contributed by atoms with Gasteiger partial charge in [0.1, 0.15) is 17.0 Å². The number of carbonyl (C=O) groups excluding carboxylic acids is 1. The average Bonchev–Trinajstić information content (AvgIpc) is 3.27. The highest BCUT2D eigenvalue weighted by atomic mass is 16.3. The van der Waals surface area contributed by atoms with Gasteiger partial charge in [-0.25, -0.2) is 9.97 Å². The van der Waals surface area contributed by atoms with Gasteiger partial charge < -0.3 is 20.1 Å². The van der Waals surface area contributed by atoms with Crippen molar-refractivity contribution in [2.24, 2.45) is 11.8 Å². The third-order valence-corrected chi connectivity index (χ3v) is 6.46. The second-order valence-corrected chi connectivity index (χ2v) is 9.06. The third kappa shape index (κ3) is 5.16. The van der Waals surface area contributed by atoms with Gasteiger partial charge in [0, 0.05) is 31.2 Å². The molecule has 3 N–H and O–H groups in total. The maximum Gasteiger partial charge on any atom is 0.270 e. The Balaban J connectivity index is 1.20. The van der Waals surface area contributed by atoms with Crippen LogP contribution in [0.25, 0.3) is 11.3 Å². The third-order valence-electron chi connectivity index (χ3n) is 6.46. The van der Waals surface area contributed by atoms with Crippen LogP contribution in [0, 0.1) is 11.8 Å². The summed E-state index contributed by atoms with van der Waals surface area (Å²) < 4.78 is 3.33. The number of imidazole rings is 1. The molecule has 0 spiro atoms. The molecule has 3 unspecified atom stereocenters. The number of nitrogens with zero attached hydrogens (tertiary/aromatic N) is 4. The number of hydrogen-bond donors (Lipinski definition) is 3. The first-order chi connectivity index (χ1) is 17.0. The highest BCUT2D eigenvalue weighted by Crippen LogP contribution is 2.24. The Morgan fingerprint density at radius 1 is 1.11 bits per heavy atom. The fourth-order valence-electron chi connectivity index (χ4n) is 4.45. The number of nitrogens with one attached hydrogen (secondary N) is 2. The molecule has 4 aromatic heterocycles. The van der Waals surface area contributed by atoms with E-state index in [0.29, 0.717) is 29.7 Å². The lowest BCUT2D eigenvalue weighted by molar-refractivity contribution is 0.0945. The fourth-order valence-corrected chi connectivity index (χ4v) is 4.45. The first-order valence-corrected chi connectivity index (χ1v) is 11.8. The molecule has 0 fully saturated rings. The molecule has 180 valence electrons. The van der Waals surface area contributed by atoms with Gasteiger partial charge in [0.25, 0.3) is 11.5 Å². The molecular weight excluding hydrogens is 444 g/mol. The van der Waals surface area contributed by atoms with Crippen molar-refractivity contribution in [3.63, 3.8) is 0 Å². The second-order valence-electron chi connectivity index (χ2n) is 9.06. The van der Waals surface area contributed by atoms with Crippen LogP contribution in [0.4, 0.5) is 0 Å². The van der Waals surface area contributed by atoms with Crippen LogP contribution in [-0.4, -0.2) is 42.4 Å². The van der Waals surface area contributed by atoms with E-state index in [1.54, 1.807) is 24.4 Å². The number of allylic oxidation sites excluding steroid dienone is 1. The number of fused-ring (bicyclic) bond motifs is 2. The van der Waals surface area contributed by atoms with Gasteiger partial charge in [-0.15, -0.1) is 0 Å². The van der Waals surface area contributed by atoms with Crippen LogP contribution in [0.5, 0.6) is 0 Å². The SMILES string of the molecule is CC1C=CC(O)CC1CNCc1ccc2nc(CNC(=O)c3cc(=O)n4ccccc4n3)cn2c1. The van der Waals surface area contributed by atoms with Gasteiger partial charge in [0.05, 0.1) is 18.3 Å². The lowest BCUT2D eigenvalue weighted by atomic mass is 9.84. The van der Waals surface area contributed by atoms with E-state index in [1.807, 2.05) is 35.0 Å². The van der Waals surface area contributed by atoms with Crippen molar-refractivity contribution in [1.82, 2.24) is 29.4 Å². The number of aliphatic hydroxyl groups is 1. The minimum Gasteiger partial charge on any atom is -0.389 e. The molecule has 1 aliphatic rings. The molecule has 0 saturated carbocycles. The summed E-state index contributed by atoms with van der Waals surface area (Å²) in [6.45, 7) is 3.96. The molecule has 1 aliphatic carbocycles. The van der Waals surface area contributed by atoms with Crippen molar-refractivity contribution in [2.45, 2.75) is 32.5 Å². The number of aliphatic hydroxyl groups excluding tert-OH is 1. The van der Waals surface area contributed by atoms with E-state index >= 15 is 0 Å². The molecule has 1 amide bonds. The molecule has 0 bridgehead atoms. The number of pyridine rings is 2. The van der Waals surface area contributed by atoms with E-state index in [9.17, 15) is 14.7 Å². The van der Waals surface area contributed by atoms with Crippen LogP contribution in [-0.2, 0) is 13.1 Å². The Morgan fingerprint density at radius 3 is 2.89 bits per heavy atom. The summed E-state index contributed by atoms with van der Waals surface area (Å²) in [6.07, 6.45) is 9.92. The lowest BCUT2D eigenvalue weighted by Gasteiger charge is -2.27. The summed E-state index contributed by atoms with van der Waals surface area (Å²) >= 11 is 0. The van der Waals surface area contributed by atoms with Crippen LogP contribution < -0.4 is 16.2 Å². The fraction of sp³-hybridized carbons (Fsp3) is 0.308. The normalized spacial score (nSPS) is 19.9. The zero-order valence-electron chi connectivity index (χ0n) is 19.5. The van der Waals surface area contributed by atoms with E-state index in [0.717, 1.165) is 24.2 Å². The average molecular weight is 473 g/mol. The van der Waals surface area contributed by atoms with Gasteiger partial charge in [-0.1, -0.05) is 31.2 Å². The first-order valence-electron chi connectivity index (χ1n) is 11.8. The molecule has 5 rings (SSSR count). The molecule has 0 aliphatic heterocycles. The van der Waals surface area contributed by atoms with Gasteiger partial charge in [-0.05, 0) is 48.6 Å². The number of hydrogen-bond acceptors (Lipinski definition) is 6. The van der Waals surface area contributed by atoms with Gasteiger partial charge in [0.15, 0.2) is 0 Å². The minimum absolute atomic E-state index is 0.0774. The topological polar surface area (TPSA) is 113 Å². The Hall–Kier alpha value is -3.82. The molecule has 3 atom stereocenters. The lowest BCUT2D eigenvalue weighted by Crippen LogP contribution is -2.31. The van der Waals surface area contributed by atoms with E-state index in [-0.39, 0.29) is 23.9 Å². The molecule has 0 radical (unpaired) electrons. The molecule has 4 heterocycles. The molecular formula is C26H28N6O3. The van der Waals surface area contributed by atoms with Crippen LogP contribution in [0.2, 0.25) is 0 Å². The molecule has 35 heavy (non-hydrogen) atoms. The highest BCUT2D eigenvalue weighted by Gasteiger charge is 2.21. The summed E-state index contributed by atoms with van der Waals surface area (Å²) in [5.41, 5.74) is 2.80. The van der Waals surface area contributed by atoms with Crippen molar-refractivity contribution in [1.29, 1.82) is 0 Å². The van der Waals surface area contributed by atoms with Gasteiger partial charge in [0.2, 0.25) is 0 Å². The molecule has 9 nitrogen and oxygen atoms in total. The number of aromatic nitrogens is 4. The quantitative estimate of drug-likeness (QED) is 0.354. The van der Waals surface area contributed by atoms with Crippen molar-refractivity contribution in [2.75, 3.05) is 6.54 Å². The number of amides is 1. The maximum absolute atomic E-state index is 12.6. The highest BCUT2D eigenvalue weighted by molar-refractivity contribution is 5.92. The predicted octanol–water partition coefficient (Wildman–Crippen LogP) is 1.93. The van der Waals surface area contributed by atoms with E-state index in [1.165, 1.54) is 10.5 Å². The molecule has 9 heteroatoms. The summed E-state index contributed by atoms with van der Waals surface area (Å²) in [5.74, 6) is 0.437. The standard InChI is InChI=1S/C26H28N6O3/c1-17-5-7-21(33)10-19(17)13-27-12-18-6-8-23-29-20(16-31(23)15-18)14-28-26(35)22-11-25(34)32-9-3-2-4-24(32)30-22/h2-9,11,15-17,19,21,27,33H,10,12-14H2,1H3,(H,28,35). The zero-order chi connectivity index (χ0) is 24.4. The van der Waals surface area contributed by atoms with Crippen molar-refractivity contribution in [3.8, 4) is 0 Å². The maximum atomic E-state index is 12.6. The molecule has 0 aromatic carbocycles. The number of carbonyl (C=O) groups is 1. The smallest absolute Gasteiger partial charge is 0.270 e. The largest absolute Gasteiger partial charge is 0.389 e. The van der Waals surface area contributed by atoms with Crippen LogP contribution in [0.3, 0.4) is 0 Å². The van der Waals surface area contributed by atoms with Crippen LogP contribution >= 0.6 is 0 Å². The summed E-state index contributed by atoms with van der Waals surface area (Å²) in [7, 11) is 0. The summed E-state index contributed by atoms with van der Waals surface area (Å²) in [6, 6.07) is 10.4. The second kappa shape index (κ2) is 9.81. The Labute approximate surface area is 202 Å². The van der Waals surface area contributed by atoms with Crippen molar-refractivity contribution < 1.29 is 9.90 Å². The first kappa shape index (κ1) is 22.9. The van der Waals surface area contributed by atoms with Gasteiger partial charge >= 0.3 is 0 Å². The predicted molar refractivity (Wildman–Crippen MR) is 132 cm³/mol. The van der Waals surface area contributed by atoms with E-state index in [2.05, 4.69) is 33.6 Å². The van der Waals surface area contributed by atoms with Crippen LogP contribution in [0.1, 0.15) is 35.1 Å². The monoisotopic (exact) mass is 472 g/mol. The Kier molecular flexibility index (Phi) is 6.43. The number of rotatable bonds is 7. The van der Waals surface area contributed by atoms with Crippen molar-refractivity contribution in [3.05, 3.63) is 94.4 Å². The minimum atomic E-state index is -0.424. The summed E-state index contributed by atoms with van der Waals surface area (Å²) in [5, 5.41) is 16.2. The Bertz CT molecular complexity index is 1460. The Morgan fingerprint density at radius 2 is 2.00 bits per heavy atom. The zero-order valence-corrected chi connectivity index (χ0v) is 19.5. The summed E-state index contributed by atoms with van der Waals surface area (Å²) in [4.78, 5) is 33.7.